The summed E-state index contributed by atoms with van der Waals surface area (Å²) in [6.07, 6.45) is -3.32. The summed E-state index contributed by atoms with van der Waals surface area (Å²) in [5.74, 6) is 0.0632. The van der Waals surface area contributed by atoms with Crippen molar-refractivity contribution < 1.29 is 37.3 Å². The minimum Gasteiger partial charge on any atom is -0.494 e. The first-order valence-corrected chi connectivity index (χ1v) is 13.8. The molecular formula is C30H29BrF3N3O5. The Morgan fingerprint density at radius 3 is 2.36 bits per heavy atom. The Bertz CT molecular complexity index is 1380. The van der Waals surface area contributed by atoms with Gasteiger partial charge in [0, 0.05) is 36.0 Å². The summed E-state index contributed by atoms with van der Waals surface area (Å²) < 4.78 is 54.0. The topological polar surface area (TPSA) is 101 Å². The van der Waals surface area contributed by atoms with E-state index >= 15 is 0 Å². The van der Waals surface area contributed by atoms with Crippen molar-refractivity contribution >= 4 is 27.7 Å². The predicted octanol–water partition coefficient (Wildman–Crippen LogP) is 5.76. The molecule has 0 spiro atoms. The summed E-state index contributed by atoms with van der Waals surface area (Å²) in [5.41, 5.74) is 6.07. The van der Waals surface area contributed by atoms with Crippen molar-refractivity contribution in [2.75, 3.05) is 13.2 Å². The maximum atomic E-state index is 13.8. The molecule has 0 unspecified atom stereocenters. The summed E-state index contributed by atoms with van der Waals surface area (Å²) >= 11 is 3.43. The van der Waals surface area contributed by atoms with E-state index in [2.05, 4.69) is 38.1 Å². The average Bonchev–Trinajstić information content (AvgIpc) is 3.35. The molecule has 222 valence electrons. The van der Waals surface area contributed by atoms with Crippen molar-refractivity contribution in [3.05, 3.63) is 107 Å². The second-order valence-corrected chi connectivity index (χ2v) is 10.2. The third-order valence-corrected chi connectivity index (χ3v) is 6.84. The smallest absolute Gasteiger partial charge is 0.494 e. The first-order chi connectivity index (χ1) is 20.1. The van der Waals surface area contributed by atoms with Crippen molar-refractivity contribution in [3.8, 4) is 11.5 Å². The number of carbonyl (C=O) groups is 1. The minimum absolute atomic E-state index is 0.0334. The number of halogens is 4. The first-order valence-electron chi connectivity index (χ1n) is 13.0. The fourth-order valence-electron chi connectivity index (χ4n) is 4.32. The van der Waals surface area contributed by atoms with Crippen LogP contribution in [0.5, 0.6) is 11.5 Å². The van der Waals surface area contributed by atoms with Crippen LogP contribution in [-0.2, 0) is 16.1 Å². The molecule has 1 amide bonds. The van der Waals surface area contributed by atoms with Gasteiger partial charge in [-0.25, -0.2) is 10.4 Å². The van der Waals surface area contributed by atoms with Crippen LogP contribution in [0.3, 0.4) is 0 Å². The van der Waals surface area contributed by atoms with Crippen molar-refractivity contribution in [2.24, 2.45) is 4.99 Å². The molecule has 42 heavy (non-hydrogen) atoms. The summed E-state index contributed by atoms with van der Waals surface area (Å²) in [7, 11) is 0. The fraction of sp³-hybridized carbons (Fsp3) is 0.267. The van der Waals surface area contributed by atoms with Crippen LogP contribution in [-0.4, -0.2) is 42.0 Å². The van der Waals surface area contributed by atoms with Crippen LogP contribution in [0.1, 0.15) is 35.6 Å². The van der Waals surface area contributed by atoms with E-state index in [9.17, 15) is 18.0 Å². The van der Waals surface area contributed by atoms with Crippen molar-refractivity contribution in [3.63, 3.8) is 0 Å². The molecular weight excluding hydrogens is 619 g/mol. The highest BCUT2D eigenvalue weighted by Crippen LogP contribution is 2.43. The molecule has 3 N–H and O–H groups in total. The Labute approximate surface area is 249 Å². The molecule has 3 aromatic carbocycles. The SMILES string of the molecule is C=CC[C@]1(C(=O)NNCc2ccc(OC(F)(F)F)cc2)N=C(c2ccc(OCCCO)cc2)O[C@H]1c1ccc(Br)cc1. The van der Waals surface area contributed by atoms with Crippen molar-refractivity contribution in [1.82, 2.24) is 10.9 Å². The van der Waals surface area contributed by atoms with Crippen LogP contribution in [0.4, 0.5) is 13.2 Å². The second kappa shape index (κ2) is 13.9. The molecule has 2 atom stereocenters. The molecule has 0 fully saturated rings. The third-order valence-electron chi connectivity index (χ3n) is 6.31. The molecule has 3 aromatic rings. The number of amides is 1. The monoisotopic (exact) mass is 647 g/mol. The van der Waals surface area contributed by atoms with Crippen LogP contribution >= 0.6 is 15.9 Å². The Balaban J connectivity index is 1.55. The second-order valence-electron chi connectivity index (χ2n) is 9.33. The van der Waals surface area contributed by atoms with Gasteiger partial charge in [-0.1, -0.05) is 46.3 Å². The number of aliphatic hydroxyl groups is 1. The van der Waals surface area contributed by atoms with Gasteiger partial charge in [-0.05, 0) is 59.7 Å². The molecule has 1 aliphatic rings. The van der Waals surface area contributed by atoms with Crippen LogP contribution in [0.15, 0.2) is 94.9 Å². The maximum absolute atomic E-state index is 13.8. The van der Waals surface area contributed by atoms with E-state index in [1.807, 2.05) is 24.3 Å². The summed E-state index contributed by atoms with van der Waals surface area (Å²) in [6, 6.07) is 19.7. The first kappa shape index (κ1) is 31.1. The Morgan fingerprint density at radius 1 is 1.07 bits per heavy atom. The Hall–Kier alpha value is -3.87. The molecule has 0 saturated heterocycles. The molecule has 12 heteroatoms. The third kappa shape index (κ3) is 7.90. The number of aliphatic imine (C=N–C) groups is 1. The lowest BCUT2D eigenvalue weighted by molar-refractivity contribution is -0.274. The number of carbonyl (C=O) groups excluding carboxylic acids is 1. The fourth-order valence-corrected chi connectivity index (χ4v) is 4.58. The summed E-state index contributed by atoms with van der Waals surface area (Å²) in [4.78, 5) is 18.6. The molecule has 0 bridgehead atoms. The normalized spacial score (nSPS) is 18.1. The maximum Gasteiger partial charge on any atom is 0.573 e. The molecule has 1 aliphatic heterocycles. The molecule has 4 rings (SSSR count). The zero-order valence-corrected chi connectivity index (χ0v) is 24.0. The zero-order chi connectivity index (χ0) is 30.2. The van der Waals surface area contributed by atoms with Gasteiger partial charge in [0.2, 0.25) is 5.90 Å². The van der Waals surface area contributed by atoms with E-state index in [1.54, 1.807) is 30.3 Å². The lowest BCUT2D eigenvalue weighted by atomic mass is 9.84. The predicted molar refractivity (Wildman–Crippen MR) is 154 cm³/mol. The molecule has 0 aliphatic carbocycles. The van der Waals surface area contributed by atoms with Gasteiger partial charge in [-0.2, -0.15) is 0 Å². The average molecular weight is 648 g/mol. The quantitative estimate of drug-likeness (QED) is 0.124. The number of hydrogen-bond donors (Lipinski definition) is 3. The number of alkyl halides is 3. The highest BCUT2D eigenvalue weighted by atomic mass is 79.9. The van der Waals surface area contributed by atoms with Gasteiger partial charge < -0.3 is 19.3 Å². The van der Waals surface area contributed by atoms with Crippen molar-refractivity contribution in [2.45, 2.75) is 37.4 Å². The largest absolute Gasteiger partial charge is 0.573 e. The molecule has 1 heterocycles. The number of hydrazine groups is 1. The minimum atomic E-state index is -4.78. The van der Waals surface area contributed by atoms with Crippen LogP contribution in [0.2, 0.25) is 0 Å². The molecule has 8 nitrogen and oxygen atoms in total. The zero-order valence-electron chi connectivity index (χ0n) is 22.4. The van der Waals surface area contributed by atoms with E-state index in [0.29, 0.717) is 29.9 Å². The molecule has 0 radical (unpaired) electrons. The van der Waals surface area contributed by atoms with Gasteiger partial charge >= 0.3 is 6.36 Å². The van der Waals surface area contributed by atoms with E-state index in [4.69, 9.17) is 19.6 Å². The highest BCUT2D eigenvalue weighted by Gasteiger charge is 2.52. The van der Waals surface area contributed by atoms with Gasteiger partial charge in [-0.15, -0.1) is 19.8 Å². The van der Waals surface area contributed by atoms with E-state index < -0.39 is 23.9 Å². The Morgan fingerprint density at radius 2 is 1.74 bits per heavy atom. The van der Waals surface area contributed by atoms with Gasteiger partial charge in [0.1, 0.15) is 11.5 Å². The summed E-state index contributed by atoms with van der Waals surface area (Å²) in [5, 5.41) is 8.96. The lowest BCUT2D eigenvalue weighted by Crippen LogP contribution is -2.52. The number of ether oxygens (including phenoxy) is 3. The van der Waals surface area contributed by atoms with Gasteiger partial charge in [0.25, 0.3) is 5.91 Å². The van der Waals surface area contributed by atoms with Gasteiger partial charge in [0.15, 0.2) is 11.6 Å². The highest BCUT2D eigenvalue weighted by molar-refractivity contribution is 9.10. The van der Waals surface area contributed by atoms with Crippen LogP contribution in [0, 0.1) is 0 Å². The molecule has 0 saturated carbocycles. The summed E-state index contributed by atoms with van der Waals surface area (Å²) in [6.45, 7) is 4.37. The molecule has 0 aromatic heterocycles. The van der Waals surface area contributed by atoms with Gasteiger partial charge in [0.05, 0.1) is 6.61 Å². The number of nitrogens with one attached hydrogen (secondary N) is 2. The van der Waals surface area contributed by atoms with Crippen molar-refractivity contribution in [1.29, 1.82) is 0 Å². The number of rotatable bonds is 13. The number of hydrogen-bond acceptors (Lipinski definition) is 7. The number of aliphatic hydroxyl groups excluding tert-OH is 1. The van der Waals surface area contributed by atoms with Gasteiger partial charge in [-0.3, -0.25) is 10.2 Å². The Kier molecular flexibility index (Phi) is 10.3. The van der Waals surface area contributed by atoms with E-state index in [1.165, 1.54) is 24.3 Å². The lowest BCUT2D eigenvalue weighted by Gasteiger charge is -2.29. The van der Waals surface area contributed by atoms with E-state index in [0.717, 1.165) is 10.0 Å². The standard InChI is InChI=1S/C30H29BrF3N3O5/c1-2-16-29(28(39)37-35-19-20-4-12-25(13-5-20)42-30(32,33)34)26(21-6-10-23(31)11-7-21)41-27(36-29)22-8-14-24(15-9-22)40-18-3-17-38/h2,4-15,26,35,38H,1,3,16-19H2,(H,37,39)/t26-,29-/m0/s1. The number of benzene rings is 3. The van der Waals surface area contributed by atoms with Crippen LogP contribution < -0.4 is 20.3 Å². The van der Waals surface area contributed by atoms with E-state index in [-0.39, 0.29) is 31.2 Å². The van der Waals surface area contributed by atoms with Crippen LogP contribution in [0.25, 0.3) is 0 Å². The number of nitrogens with zero attached hydrogens (tertiary/aromatic N) is 1.